The summed E-state index contributed by atoms with van der Waals surface area (Å²) in [6.45, 7) is 0.680. The lowest BCUT2D eigenvalue weighted by molar-refractivity contribution is 0.627. The number of nitrogen functional groups attached to an aromatic ring is 1. The zero-order valence-electron chi connectivity index (χ0n) is 12.8. The monoisotopic (exact) mass is 308 g/mol. The molecule has 5 heteroatoms. The molecule has 2 N–H and O–H groups in total. The summed E-state index contributed by atoms with van der Waals surface area (Å²) in [4.78, 5) is 10.3. The first kappa shape index (κ1) is 15.0. The van der Waals surface area contributed by atoms with Crippen LogP contribution in [0.25, 0.3) is 11.3 Å². The van der Waals surface area contributed by atoms with E-state index in [1.165, 1.54) is 12.1 Å². The Balaban J connectivity index is 1.76. The van der Waals surface area contributed by atoms with E-state index in [-0.39, 0.29) is 5.82 Å². The zero-order valence-corrected chi connectivity index (χ0v) is 12.8. The normalized spacial score (nSPS) is 10.5. The van der Waals surface area contributed by atoms with Crippen molar-refractivity contribution in [3.05, 3.63) is 72.3 Å². The first-order chi connectivity index (χ1) is 11.1. The molecular weight excluding hydrogens is 291 g/mol. The van der Waals surface area contributed by atoms with Crippen LogP contribution in [0.5, 0.6) is 0 Å². The molecule has 0 unspecified atom stereocenters. The lowest BCUT2D eigenvalue weighted by Crippen LogP contribution is -2.16. The summed E-state index contributed by atoms with van der Waals surface area (Å²) < 4.78 is 13.3. The molecule has 3 rings (SSSR count). The number of halogens is 1. The molecule has 1 heterocycles. The third-order valence-electron chi connectivity index (χ3n) is 3.62. The van der Waals surface area contributed by atoms with Gasteiger partial charge in [-0.3, -0.25) is 4.98 Å². The molecule has 0 aliphatic carbocycles. The molecule has 0 saturated carbocycles. The van der Waals surface area contributed by atoms with Gasteiger partial charge in [0.25, 0.3) is 0 Å². The highest BCUT2D eigenvalue weighted by molar-refractivity contribution is 5.69. The van der Waals surface area contributed by atoms with Crippen molar-refractivity contribution in [3.63, 3.8) is 0 Å². The molecule has 0 amide bonds. The lowest BCUT2D eigenvalue weighted by atomic mass is 10.1. The highest BCUT2D eigenvalue weighted by Crippen LogP contribution is 2.22. The van der Waals surface area contributed by atoms with Crippen LogP contribution < -0.4 is 10.6 Å². The molecule has 4 nitrogen and oxygen atoms in total. The molecule has 0 aliphatic rings. The van der Waals surface area contributed by atoms with Crippen molar-refractivity contribution in [2.45, 2.75) is 6.54 Å². The fraction of sp³-hybridized carbons (Fsp3) is 0.111. The van der Waals surface area contributed by atoms with Gasteiger partial charge in [0.2, 0.25) is 0 Å². The SMILES string of the molecule is CN(Cc1ccc(-c2nccnc2N)cc1)c1cccc(F)c1. The number of anilines is 2. The first-order valence-corrected chi connectivity index (χ1v) is 7.26. The van der Waals surface area contributed by atoms with Gasteiger partial charge in [-0.1, -0.05) is 30.3 Å². The third-order valence-corrected chi connectivity index (χ3v) is 3.62. The van der Waals surface area contributed by atoms with Crippen molar-refractivity contribution in [1.29, 1.82) is 0 Å². The van der Waals surface area contributed by atoms with Crippen LogP contribution >= 0.6 is 0 Å². The second-order valence-electron chi connectivity index (χ2n) is 5.32. The van der Waals surface area contributed by atoms with Crippen LogP contribution in [0.2, 0.25) is 0 Å². The van der Waals surface area contributed by atoms with Gasteiger partial charge in [0.1, 0.15) is 17.3 Å². The second-order valence-corrected chi connectivity index (χ2v) is 5.32. The molecule has 3 aromatic rings. The van der Waals surface area contributed by atoms with Crippen LogP contribution in [0, 0.1) is 5.82 Å². The summed E-state index contributed by atoms with van der Waals surface area (Å²) in [5.41, 5.74) is 9.40. The van der Waals surface area contributed by atoms with Crippen molar-refractivity contribution >= 4 is 11.5 Å². The van der Waals surface area contributed by atoms with Gasteiger partial charge in [-0.25, -0.2) is 9.37 Å². The summed E-state index contributed by atoms with van der Waals surface area (Å²) >= 11 is 0. The topological polar surface area (TPSA) is 55.0 Å². The van der Waals surface area contributed by atoms with Gasteiger partial charge < -0.3 is 10.6 Å². The standard InChI is InChI=1S/C18H17FN4/c1-23(16-4-2-3-15(19)11-16)12-13-5-7-14(8-6-13)17-18(20)22-10-9-21-17/h2-11H,12H2,1H3,(H2,20,22). The van der Waals surface area contributed by atoms with Crippen molar-refractivity contribution in [2.24, 2.45) is 0 Å². The maximum Gasteiger partial charge on any atom is 0.149 e. The second kappa shape index (κ2) is 6.44. The van der Waals surface area contributed by atoms with Crippen LogP contribution in [0.3, 0.4) is 0 Å². The Morgan fingerprint density at radius 3 is 2.48 bits per heavy atom. The highest BCUT2D eigenvalue weighted by Gasteiger charge is 2.06. The van der Waals surface area contributed by atoms with Crippen molar-refractivity contribution in [1.82, 2.24) is 9.97 Å². The average molecular weight is 308 g/mol. The molecule has 0 aliphatic heterocycles. The molecule has 116 valence electrons. The molecule has 1 aromatic heterocycles. The molecule has 23 heavy (non-hydrogen) atoms. The van der Waals surface area contributed by atoms with Crippen LogP contribution in [0.4, 0.5) is 15.9 Å². The van der Waals surface area contributed by atoms with E-state index in [9.17, 15) is 4.39 Å². The van der Waals surface area contributed by atoms with E-state index in [4.69, 9.17) is 5.73 Å². The minimum atomic E-state index is -0.233. The van der Waals surface area contributed by atoms with Crippen LogP contribution in [-0.4, -0.2) is 17.0 Å². The Hall–Kier alpha value is -2.95. The minimum Gasteiger partial charge on any atom is -0.382 e. The molecule has 0 atom stereocenters. The van der Waals surface area contributed by atoms with Gasteiger partial charge in [-0.15, -0.1) is 0 Å². The number of hydrogen-bond acceptors (Lipinski definition) is 4. The first-order valence-electron chi connectivity index (χ1n) is 7.26. The van der Waals surface area contributed by atoms with Gasteiger partial charge in [0.15, 0.2) is 0 Å². The number of rotatable bonds is 4. The Morgan fingerprint density at radius 1 is 1.04 bits per heavy atom. The number of benzene rings is 2. The Kier molecular flexibility index (Phi) is 4.19. The van der Waals surface area contributed by atoms with Crippen LogP contribution in [0.15, 0.2) is 60.9 Å². The Labute approximate surface area is 134 Å². The van der Waals surface area contributed by atoms with E-state index in [1.54, 1.807) is 18.5 Å². The van der Waals surface area contributed by atoms with E-state index in [1.807, 2.05) is 42.3 Å². The van der Waals surface area contributed by atoms with Gasteiger partial charge in [0.05, 0.1) is 0 Å². The fourth-order valence-electron chi connectivity index (χ4n) is 2.42. The number of hydrogen-bond donors (Lipinski definition) is 1. The van der Waals surface area contributed by atoms with Gasteiger partial charge >= 0.3 is 0 Å². The van der Waals surface area contributed by atoms with Crippen LogP contribution in [0.1, 0.15) is 5.56 Å². The molecule has 0 radical (unpaired) electrons. The van der Waals surface area contributed by atoms with E-state index < -0.39 is 0 Å². The highest BCUT2D eigenvalue weighted by atomic mass is 19.1. The smallest absolute Gasteiger partial charge is 0.149 e. The van der Waals surface area contributed by atoms with E-state index in [0.717, 1.165) is 16.8 Å². The number of aromatic nitrogens is 2. The Morgan fingerprint density at radius 2 is 1.78 bits per heavy atom. The minimum absolute atomic E-state index is 0.233. The Bertz CT molecular complexity index is 802. The van der Waals surface area contributed by atoms with E-state index in [0.29, 0.717) is 18.1 Å². The molecule has 0 bridgehead atoms. The van der Waals surface area contributed by atoms with Crippen molar-refractivity contribution in [3.8, 4) is 11.3 Å². The molecular formula is C18H17FN4. The summed E-state index contributed by atoms with van der Waals surface area (Å²) in [7, 11) is 1.93. The van der Waals surface area contributed by atoms with E-state index >= 15 is 0 Å². The van der Waals surface area contributed by atoms with Gasteiger partial charge in [-0.2, -0.15) is 0 Å². The predicted octanol–water partition coefficient (Wildman–Crippen LogP) is 3.50. The number of nitrogens with two attached hydrogens (primary N) is 1. The summed E-state index contributed by atoms with van der Waals surface area (Å²) in [6, 6.07) is 14.5. The largest absolute Gasteiger partial charge is 0.382 e. The van der Waals surface area contributed by atoms with E-state index in [2.05, 4.69) is 9.97 Å². The molecule has 0 saturated heterocycles. The fourth-order valence-corrected chi connectivity index (χ4v) is 2.42. The third kappa shape index (κ3) is 3.45. The van der Waals surface area contributed by atoms with Gasteiger partial charge in [-0.05, 0) is 23.8 Å². The number of nitrogens with zero attached hydrogens (tertiary/aromatic N) is 3. The maximum atomic E-state index is 13.3. The zero-order chi connectivity index (χ0) is 16.2. The van der Waals surface area contributed by atoms with Gasteiger partial charge in [0, 0.05) is 37.2 Å². The lowest BCUT2D eigenvalue weighted by Gasteiger charge is -2.19. The average Bonchev–Trinajstić information content (AvgIpc) is 2.56. The molecule has 0 spiro atoms. The summed E-state index contributed by atoms with van der Waals surface area (Å²) in [6.07, 6.45) is 3.19. The molecule has 2 aromatic carbocycles. The summed E-state index contributed by atoms with van der Waals surface area (Å²) in [5.74, 6) is 0.181. The summed E-state index contributed by atoms with van der Waals surface area (Å²) in [5, 5.41) is 0. The molecule has 0 fully saturated rings. The van der Waals surface area contributed by atoms with Crippen molar-refractivity contribution in [2.75, 3.05) is 17.7 Å². The maximum absolute atomic E-state index is 13.3. The predicted molar refractivity (Wildman–Crippen MR) is 90.4 cm³/mol. The van der Waals surface area contributed by atoms with Crippen molar-refractivity contribution < 1.29 is 4.39 Å². The van der Waals surface area contributed by atoms with Crippen LogP contribution in [-0.2, 0) is 6.54 Å². The quantitative estimate of drug-likeness (QED) is 0.801.